The SMILES string of the molecule is CC[C@H](C)NC(=O)[C@H](CC)N(Cc1ccc(C)cc1)C(=O)CN(c1ccccc1C)S(=O)(=O)c1ccc(C)cc1. The third-order valence-corrected chi connectivity index (χ3v) is 8.91. The molecule has 3 aromatic rings. The highest BCUT2D eigenvalue weighted by atomic mass is 32.2. The molecule has 3 aromatic carbocycles. The van der Waals surface area contributed by atoms with E-state index in [2.05, 4.69) is 5.32 Å². The molecule has 0 bridgehead atoms. The molecule has 0 spiro atoms. The summed E-state index contributed by atoms with van der Waals surface area (Å²) in [6.45, 7) is 11.2. The number of hydrogen-bond donors (Lipinski definition) is 1. The van der Waals surface area contributed by atoms with E-state index in [4.69, 9.17) is 0 Å². The van der Waals surface area contributed by atoms with E-state index in [1.807, 2.05) is 77.9 Å². The molecule has 40 heavy (non-hydrogen) atoms. The van der Waals surface area contributed by atoms with Crippen LogP contribution in [0.2, 0.25) is 0 Å². The van der Waals surface area contributed by atoms with Gasteiger partial charge >= 0.3 is 0 Å². The van der Waals surface area contributed by atoms with Crippen LogP contribution in [0.1, 0.15) is 55.9 Å². The minimum Gasteiger partial charge on any atom is -0.352 e. The average Bonchev–Trinajstić information content (AvgIpc) is 2.93. The second kappa shape index (κ2) is 13.6. The second-order valence-corrected chi connectivity index (χ2v) is 12.2. The minimum absolute atomic E-state index is 0.0525. The van der Waals surface area contributed by atoms with E-state index < -0.39 is 28.5 Å². The summed E-state index contributed by atoms with van der Waals surface area (Å²) in [4.78, 5) is 29.1. The molecule has 0 fully saturated rings. The first kappa shape index (κ1) is 30.9. The zero-order chi connectivity index (χ0) is 29.4. The van der Waals surface area contributed by atoms with Crippen LogP contribution in [-0.2, 0) is 26.2 Å². The van der Waals surface area contributed by atoms with Gasteiger partial charge in [0.1, 0.15) is 12.6 Å². The first-order chi connectivity index (χ1) is 19.0. The summed E-state index contributed by atoms with van der Waals surface area (Å²) in [6.07, 6.45) is 1.14. The lowest BCUT2D eigenvalue weighted by atomic mass is 10.1. The minimum atomic E-state index is -4.09. The molecule has 7 nitrogen and oxygen atoms in total. The molecule has 0 aromatic heterocycles. The van der Waals surface area contributed by atoms with Crippen LogP contribution in [0.4, 0.5) is 5.69 Å². The maximum Gasteiger partial charge on any atom is 0.264 e. The third kappa shape index (κ3) is 7.50. The summed E-state index contributed by atoms with van der Waals surface area (Å²) in [5.74, 6) is -0.702. The molecule has 2 atom stereocenters. The van der Waals surface area contributed by atoms with Crippen LogP contribution in [0.5, 0.6) is 0 Å². The van der Waals surface area contributed by atoms with Gasteiger partial charge in [-0.3, -0.25) is 13.9 Å². The van der Waals surface area contributed by atoms with Crippen molar-refractivity contribution in [3.05, 3.63) is 95.1 Å². The number of aryl methyl sites for hydroxylation is 3. The van der Waals surface area contributed by atoms with E-state index in [1.54, 1.807) is 36.4 Å². The van der Waals surface area contributed by atoms with Crippen molar-refractivity contribution < 1.29 is 18.0 Å². The van der Waals surface area contributed by atoms with Gasteiger partial charge < -0.3 is 10.2 Å². The molecular weight excluding hydrogens is 522 g/mol. The number of rotatable bonds is 12. The van der Waals surface area contributed by atoms with Crippen molar-refractivity contribution in [3.63, 3.8) is 0 Å². The van der Waals surface area contributed by atoms with E-state index >= 15 is 0 Å². The van der Waals surface area contributed by atoms with Gasteiger partial charge in [-0.25, -0.2) is 8.42 Å². The zero-order valence-electron chi connectivity index (χ0n) is 24.3. The van der Waals surface area contributed by atoms with Crippen molar-refractivity contribution in [2.45, 2.75) is 77.9 Å². The van der Waals surface area contributed by atoms with E-state index in [-0.39, 0.29) is 23.4 Å². The molecule has 0 aliphatic rings. The first-order valence-corrected chi connectivity index (χ1v) is 15.2. The standard InChI is InChI=1S/C32H41N3O4S/c1-7-26(6)33-32(37)29(8-2)34(21-27-17-13-23(3)14-18-27)31(36)22-35(30-12-10-9-11-25(30)5)40(38,39)28-19-15-24(4)16-20-28/h9-20,26,29H,7-8,21-22H2,1-6H3,(H,33,37)/t26-,29-/m0/s1. The first-order valence-electron chi connectivity index (χ1n) is 13.8. The molecule has 0 saturated carbocycles. The van der Waals surface area contributed by atoms with E-state index in [0.717, 1.165) is 33.0 Å². The van der Waals surface area contributed by atoms with Crippen molar-refractivity contribution in [1.82, 2.24) is 10.2 Å². The molecular formula is C32H41N3O4S. The van der Waals surface area contributed by atoms with Crippen molar-refractivity contribution in [3.8, 4) is 0 Å². The Morgan fingerprint density at radius 2 is 1.40 bits per heavy atom. The van der Waals surface area contributed by atoms with Gasteiger partial charge in [-0.05, 0) is 69.9 Å². The highest BCUT2D eigenvalue weighted by Gasteiger charge is 2.34. The fraction of sp³-hybridized carbons (Fsp3) is 0.375. The molecule has 0 saturated heterocycles. The smallest absolute Gasteiger partial charge is 0.264 e. The summed E-state index contributed by atoms with van der Waals surface area (Å²) in [7, 11) is -4.09. The Bertz CT molecular complexity index is 1400. The van der Waals surface area contributed by atoms with Gasteiger partial charge in [-0.15, -0.1) is 0 Å². The normalized spacial score (nSPS) is 12.8. The van der Waals surface area contributed by atoms with Gasteiger partial charge in [0.15, 0.2) is 0 Å². The number of carbonyl (C=O) groups is 2. The lowest BCUT2D eigenvalue weighted by molar-refractivity contribution is -0.140. The Hall–Kier alpha value is -3.65. The van der Waals surface area contributed by atoms with Crippen molar-refractivity contribution in [2.75, 3.05) is 10.8 Å². The van der Waals surface area contributed by atoms with Crippen LogP contribution in [0.25, 0.3) is 0 Å². The van der Waals surface area contributed by atoms with Crippen LogP contribution >= 0.6 is 0 Å². The maximum atomic E-state index is 14.1. The Morgan fingerprint density at radius 1 is 0.825 bits per heavy atom. The molecule has 0 unspecified atom stereocenters. The fourth-order valence-corrected chi connectivity index (χ4v) is 5.92. The van der Waals surface area contributed by atoms with E-state index in [9.17, 15) is 18.0 Å². The van der Waals surface area contributed by atoms with Crippen molar-refractivity contribution in [1.29, 1.82) is 0 Å². The van der Waals surface area contributed by atoms with Gasteiger partial charge in [0.2, 0.25) is 11.8 Å². The number of para-hydroxylation sites is 1. The number of hydrogen-bond acceptors (Lipinski definition) is 4. The Morgan fingerprint density at radius 3 is 1.95 bits per heavy atom. The van der Waals surface area contributed by atoms with Crippen LogP contribution in [-0.4, -0.2) is 43.8 Å². The highest BCUT2D eigenvalue weighted by molar-refractivity contribution is 7.92. The monoisotopic (exact) mass is 563 g/mol. The van der Waals surface area contributed by atoms with Gasteiger partial charge in [-0.1, -0.05) is 79.6 Å². The van der Waals surface area contributed by atoms with Crippen LogP contribution in [0, 0.1) is 20.8 Å². The Labute approximate surface area is 239 Å². The zero-order valence-corrected chi connectivity index (χ0v) is 25.2. The van der Waals surface area contributed by atoms with Crippen LogP contribution in [0.15, 0.2) is 77.7 Å². The van der Waals surface area contributed by atoms with Gasteiger partial charge in [-0.2, -0.15) is 0 Å². The lowest BCUT2D eigenvalue weighted by Gasteiger charge is -2.34. The molecule has 214 valence electrons. The maximum absolute atomic E-state index is 14.1. The predicted molar refractivity (Wildman–Crippen MR) is 161 cm³/mol. The number of amides is 2. The molecule has 0 heterocycles. The molecule has 0 aliphatic heterocycles. The number of nitrogens with one attached hydrogen (secondary N) is 1. The van der Waals surface area contributed by atoms with E-state index in [0.29, 0.717) is 12.1 Å². The van der Waals surface area contributed by atoms with Gasteiger partial charge in [0.05, 0.1) is 10.6 Å². The number of nitrogens with zero attached hydrogens (tertiary/aromatic N) is 2. The van der Waals surface area contributed by atoms with Crippen LogP contribution in [0.3, 0.4) is 0 Å². The Kier molecular flexibility index (Phi) is 10.5. The molecule has 1 N–H and O–H groups in total. The van der Waals surface area contributed by atoms with Gasteiger partial charge in [0.25, 0.3) is 10.0 Å². The van der Waals surface area contributed by atoms with E-state index in [1.165, 1.54) is 4.90 Å². The summed E-state index contributed by atoms with van der Waals surface area (Å²) < 4.78 is 29.1. The number of carbonyl (C=O) groups excluding carboxylic acids is 2. The van der Waals surface area contributed by atoms with Crippen molar-refractivity contribution in [2.24, 2.45) is 0 Å². The number of sulfonamides is 1. The molecule has 0 aliphatic carbocycles. The molecule has 8 heteroatoms. The van der Waals surface area contributed by atoms with Crippen molar-refractivity contribution >= 4 is 27.5 Å². The topological polar surface area (TPSA) is 86.8 Å². The molecule has 2 amide bonds. The average molecular weight is 564 g/mol. The second-order valence-electron chi connectivity index (χ2n) is 10.4. The Balaban J connectivity index is 2.06. The quantitative estimate of drug-likeness (QED) is 0.314. The highest BCUT2D eigenvalue weighted by Crippen LogP contribution is 2.28. The largest absolute Gasteiger partial charge is 0.352 e. The summed E-state index contributed by atoms with van der Waals surface area (Å²) in [6, 6.07) is 20.6. The summed E-state index contributed by atoms with van der Waals surface area (Å²) in [5, 5.41) is 3.00. The third-order valence-electron chi connectivity index (χ3n) is 7.13. The molecule has 0 radical (unpaired) electrons. The molecule has 3 rings (SSSR count). The van der Waals surface area contributed by atoms with Gasteiger partial charge in [0, 0.05) is 12.6 Å². The fourth-order valence-electron chi connectivity index (χ4n) is 4.44. The lowest BCUT2D eigenvalue weighted by Crippen LogP contribution is -2.53. The predicted octanol–water partition coefficient (Wildman–Crippen LogP) is 5.53. The summed E-state index contributed by atoms with van der Waals surface area (Å²) >= 11 is 0. The van der Waals surface area contributed by atoms with Crippen LogP contribution < -0.4 is 9.62 Å². The number of benzene rings is 3. The number of anilines is 1. The summed E-state index contributed by atoms with van der Waals surface area (Å²) in [5.41, 5.74) is 4.01.